The number of carbonyl (C=O) groups is 2. The average molecular weight is 476 g/mol. The Morgan fingerprint density at radius 3 is 2.09 bits per heavy atom. The molecule has 9 heteroatoms. The Morgan fingerprint density at radius 2 is 1.58 bits per heavy atom. The van der Waals surface area contributed by atoms with Crippen LogP contribution in [0.15, 0.2) is 53.4 Å². The molecule has 0 aliphatic carbocycles. The summed E-state index contributed by atoms with van der Waals surface area (Å²) in [6, 6.07) is 12.7. The van der Waals surface area contributed by atoms with Crippen LogP contribution >= 0.6 is 0 Å². The van der Waals surface area contributed by atoms with E-state index >= 15 is 0 Å². The van der Waals surface area contributed by atoms with Gasteiger partial charge in [-0.15, -0.1) is 0 Å². The molecule has 0 bridgehead atoms. The van der Waals surface area contributed by atoms with Gasteiger partial charge in [0.05, 0.1) is 18.6 Å². The minimum Gasteiger partial charge on any atom is -0.497 e. The molecule has 0 aliphatic heterocycles. The van der Waals surface area contributed by atoms with Gasteiger partial charge >= 0.3 is 0 Å². The first-order valence-corrected chi connectivity index (χ1v) is 12.2. The predicted octanol–water partition coefficient (Wildman–Crippen LogP) is 2.57. The highest BCUT2D eigenvalue weighted by Gasteiger charge is 2.30. The van der Waals surface area contributed by atoms with E-state index in [0.29, 0.717) is 5.75 Å². The van der Waals surface area contributed by atoms with Crippen LogP contribution in [-0.2, 0) is 26.2 Å². The third-order valence-electron chi connectivity index (χ3n) is 5.20. The fourth-order valence-electron chi connectivity index (χ4n) is 3.17. The van der Waals surface area contributed by atoms with E-state index in [1.807, 2.05) is 20.8 Å². The van der Waals surface area contributed by atoms with Crippen LogP contribution in [0.1, 0.15) is 31.9 Å². The second-order valence-corrected chi connectivity index (χ2v) is 10.3. The van der Waals surface area contributed by atoms with Gasteiger partial charge in [-0.1, -0.05) is 29.8 Å². The van der Waals surface area contributed by atoms with Crippen molar-refractivity contribution in [1.82, 2.24) is 14.5 Å². The Bertz CT molecular complexity index is 1050. The molecule has 180 valence electrons. The van der Waals surface area contributed by atoms with Gasteiger partial charge in [0.1, 0.15) is 11.8 Å². The quantitative estimate of drug-likeness (QED) is 0.570. The highest BCUT2D eigenvalue weighted by Crippen LogP contribution is 2.18. The summed E-state index contributed by atoms with van der Waals surface area (Å²) < 4.78 is 32.1. The SMILES string of the molecule is COc1ccc(CN(C(=O)CN(C)S(=O)(=O)c2ccc(C)cc2)[C@@H](C)C(=O)NC(C)C)cc1. The van der Waals surface area contributed by atoms with Gasteiger partial charge in [0.2, 0.25) is 21.8 Å². The number of methoxy groups -OCH3 is 1. The average Bonchev–Trinajstić information content (AvgIpc) is 2.77. The first-order chi connectivity index (χ1) is 15.4. The van der Waals surface area contributed by atoms with E-state index < -0.39 is 28.5 Å². The zero-order valence-electron chi connectivity index (χ0n) is 20.0. The second-order valence-electron chi connectivity index (χ2n) is 8.28. The van der Waals surface area contributed by atoms with Crippen molar-refractivity contribution in [1.29, 1.82) is 0 Å². The normalized spacial score (nSPS) is 12.5. The summed E-state index contributed by atoms with van der Waals surface area (Å²) in [6.07, 6.45) is 0. The second kappa shape index (κ2) is 11.3. The number of rotatable bonds is 10. The van der Waals surface area contributed by atoms with Gasteiger partial charge in [-0.2, -0.15) is 4.31 Å². The Morgan fingerprint density at radius 1 is 1.00 bits per heavy atom. The molecule has 8 nitrogen and oxygen atoms in total. The number of nitrogens with one attached hydrogen (secondary N) is 1. The Balaban J connectivity index is 2.27. The molecule has 0 fully saturated rings. The maximum Gasteiger partial charge on any atom is 0.243 e. The number of nitrogens with zero attached hydrogens (tertiary/aromatic N) is 2. The molecule has 0 saturated heterocycles. The van der Waals surface area contributed by atoms with Crippen molar-refractivity contribution >= 4 is 21.8 Å². The monoisotopic (exact) mass is 475 g/mol. The summed E-state index contributed by atoms with van der Waals surface area (Å²) in [5.41, 5.74) is 1.72. The number of hydrogen-bond acceptors (Lipinski definition) is 5. The molecule has 1 atom stereocenters. The summed E-state index contributed by atoms with van der Waals surface area (Å²) >= 11 is 0. The first-order valence-electron chi connectivity index (χ1n) is 10.7. The van der Waals surface area contributed by atoms with Crippen LogP contribution in [0.25, 0.3) is 0 Å². The van der Waals surface area contributed by atoms with Gasteiger partial charge in [0.15, 0.2) is 0 Å². The van der Waals surface area contributed by atoms with E-state index in [4.69, 9.17) is 4.74 Å². The van der Waals surface area contributed by atoms with Crippen LogP contribution in [0.4, 0.5) is 0 Å². The minimum atomic E-state index is -3.86. The van der Waals surface area contributed by atoms with Crippen molar-refractivity contribution in [3.05, 3.63) is 59.7 Å². The number of ether oxygens (including phenoxy) is 1. The Labute approximate surface area is 196 Å². The fraction of sp³-hybridized carbons (Fsp3) is 0.417. The van der Waals surface area contributed by atoms with Crippen molar-refractivity contribution in [3.8, 4) is 5.75 Å². The molecular weight excluding hydrogens is 442 g/mol. The number of carbonyl (C=O) groups excluding carboxylic acids is 2. The first kappa shape index (κ1) is 26.3. The van der Waals surface area contributed by atoms with Crippen LogP contribution < -0.4 is 10.1 Å². The summed E-state index contributed by atoms with van der Waals surface area (Å²) in [7, 11) is -0.941. The van der Waals surface area contributed by atoms with E-state index in [0.717, 1.165) is 15.4 Å². The molecule has 0 radical (unpaired) electrons. The number of aryl methyl sites for hydroxylation is 1. The molecule has 2 aromatic carbocycles. The molecule has 1 N–H and O–H groups in total. The molecule has 0 unspecified atom stereocenters. The third kappa shape index (κ3) is 7.03. The molecule has 0 heterocycles. The van der Waals surface area contributed by atoms with Crippen molar-refractivity contribution in [2.45, 2.75) is 51.2 Å². The predicted molar refractivity (Wildman–Crippen MR) is 127 cm³/mol. The van der Waals surface area contributed by atoms with E-state index in [-0.39, 0.29) is 23.4 Å². The highest BCUT2D eigenvalue weighted by molar-refractivity contribution is 7.89. The van der Waals surface area contributed by atoms with Gasteiger partial charge in [-0.25, -0.2) is 8.42 Å². The van der Waals surface area contributed by atoms with Gasteiger partial charge in [-0.3, -0.25) is 9.59 Å². The molecule has 0 spiro atoms. The van der Waals surface area contributed by atoms with Crippen LogP contribution in [0.2, 0.25) is 0 Å². The standard InChI is InChI=1S/C24H33N3O5S/c1-17(2)25-24(29)19(4)27(15-20-9-11-21(32-6)12-10-20)23(28)16-26(5)33(30,31)22-13-7-18(3)8-14-22/h7-14,17,19H,15-16H2,1-6H3,(H,25,29)/t19-/m0/s1. The molecule has 2 aromatic rings. The lowest BCUT2D eigenvalue weighted by atomic mass is 10.1. The van der Waals surface area contributed by atoms with E-state index in [2.05, 4.69) is 5.32 Å². The Kier molecular flexibility index (Phi) is 9.01. The number of amides is 2. The number of likely N-dealkylation sites (N-methyl/N-ethyl adjacent to an activating group) is 1. The van der Waals surface area contributed by atoms with E-state index in [1.165, 1.54) is 24.1 Å². The van der Waals surface area contributed by atoms with Crippen LogP contribution in [0.3, 0.4) is 0 Å². The highest BCUT2D eigenvalue weighted by atomic mass is 32.2. The lowest BCUT2D eigenvalue weighted by molar-refractivity contribution is -0.140. The van der Waals surface area contributed by atoms with Crippen LogP contribution in [0.5, 0.6) is 5.75 Å². The summed E-state index contributed by atoms with van der Waals surface area (Å²) in [6.45, 7) is 6.92. The van der Waals surface area contributed by atoms with E-state index in [9.17, 15) is 18.0 Å². The fourth-order valence-corrected chi connectivity index (χ4v) is 4.29. The van der Waals surface area contributed by atoms with Crippen LogP contribution in [-0.4, -0.2) is 62.2 Å². The number of benzene rings is 2. The van der Waals surface area contributed by atoms with Crippen LogP contribution in [0, 0.1) is 6.92 Å². The van der Waals surface area contributed by atoms with Gasteiger partial charge < -0.3 is 15.0 Å². The summed E-state index contributed by atoms with van der Waals surface area (Å²) in [5, 5.41) is 2.81. The number of sulfonamides is 1. The molecular formula is C24H33N3O5S. The van der Waals surface area contributed by atoms with E-state index in [1.54, 1.807) is 50.4 Å². The third-order valence-corrected chi connectivity index (χ3v) is 7.01. The topological polar surface area (TPSA) is 96.0 Å². The molecule has 2 amide bonds. The Hall–Kier alpha value is -2.91. The maximum atomic E-state index is 13.3. The minimum absolute atomic E-state index is 0.0949. The summed E-state index contributed by atoms with van der Waals surface area (Å²) in [4.78, 5) is 27.4. The smallest absolute Gasteiger partial charge is 0.243 e. The van der Waals surface area contributed by atoms with Crippen molar-refractivity contribution < 1.29 is 22.7 Å². The molecule has 33 heavy (non-hydrogen) atoms. The van der Waals surface area contributed by atoms with Crippen molar-refractivity contribution in [3.63, 3.8) is 0 Å². The van der Waals surface area contributed by atoms with Gasteiger partial charge in [0, 0.05) is 19.6 Å². The molecule has 0 aliphatic rings. The maximum absolute atomic E-state index is 13.3. The summed E-state index contributed by atoms with van der Waals surface area (Å²) in [5.74, 6) is -0.113. The lowest BCUT2D eigenvalue weighted by Gasteiger charge is -2.30. The largest absolute Gasteiger partial charge is 0.497 e. The molecule has 0 saturated carbocycles. The number of hydrogen-bond donors (Lipinski definition) is 1. The van der Waals surface area contributed by atoms with Gasteiger partial charge in [-0.05, 0) is 57.5 Å². The zero-order chi connectivity index (χ0) is 24.8. The lowest BCUT2D eigenvalue weighted by Crippen LogP contribution is -2.51. The molecule has 0 aromatic heterocycles. The zero-order valence-corrected chi connectivity index (χ0v) is 20.8. The van der Waals surface area contributed by atoms with Gasteiger partial charge in [0.25, 0.3) is 0 Å². The van der Waals surface area contributed by atoms with Crippen molar-refractivity contribution in [2.75, 3.05) is 20.7 Å². The van der Waals surface area contributed by atoms with Crippen molar-refractivity contribution in [2.24, 2.45) is 0 Å². The molecule has 2 rings (SSSR count).